The van der Waals surface area contributed by atoms with Gasteiger partial charge in [0.2, 0.25) is 5.91 Å². The maximum absolute atomic E-state index is 12.2. The van der Waals surface area contributed by atoms with Gasteiger partial charge in [-0.15, -0.1) is 11.3 Å². The molecule has 1 saturated heterocycles. The molecule has 32 heavy (non-hydrogen) atoms. The minimum Gasteiger partial charge on any atom is -0.306 e. The first-order valence-electron chi connectivity index (χ1n) is 10.0. The summed E-state index contributed by atoms with van der Waals surface area (Å²) in [5, 5.41) is 9.75. The quantitative estimate of drug-likeness (QED) is 0.233. The number of hydroxylamine groups is 1. The Bertz CT molecular complexity index is 1120. The Hall–Kier alpha value is -2.34. The fourth-order valence-corrected chi connectivity index (χ4v) is 5.23. The number of amides is 1. The van der Waals surface area contributed by atoms with E-state index in [4.69, 9.17) is 5.21 Å². The Kier molecular flexibility index (Phi) is 8.35. The molecule has 2 atom stereocenters. The second-order valence-electron chi connectivity index (χ2n) is 7.92. The number of carbonyl (C=O) groups excluding carboxylic acids is 1. The standard InChI is InChI=1S/C22H24FN3O4S2/c1-22(15-32(29)30,21(27)25-28)9-8-20-24-18-7-6-16(12-19(18)31-20)4-2-3-5-17-13-26(14-17)11-10-23/h6-7,12,17,28H,8-11,13-15H2,1H3,(H,25,27)(H,29,30)/t22-/m0/s1. The molecular formula is C22H24FN3O4S2. The Morgan fingerprint density at radius 1 is 1.44 bits per heavy atom. The van der Waals surface area contributed by atoms with Gasteiger partial charge in [-0.05, 0) is 43.4 Å². The summed E-state index contributed by atoms with van der Waals surface area (Å²) < 4.78 is 33.6. The molecule has 2 aromatic rings. The van der Waals surface area contributed by atoms with Gasteiger partial charge in [0, 0.05) is 37.5 Å². The van der Waals surface area contributed by atoms with E-state index in [1.54, 1.807) is 5.48 Å². The number of alkyl halides is 1. The number of halogens is 1. The normalized spacial score (nSPS) is 16.8. The average Bonchev–Trinajstić information content (AvgIpc) is 3.14. The highest BCUT2D eigenvalue weighted by molar-refractivity contribution is 7.79. The minimum atomic E-state index is -2.17. The van der Waals surface area contributed by atoms with Gasteiger partial charge in [0.1, 0.15) is 6.67 Å². The van der Waals surface area contributed by atoms with E-state index in [1.165, 1.54) is 18.3 Å². The van der Waals surface area contributed by atoms with Crippen molar-refractivity contribution in [3.63, 3.8) is 0 Å². The van der Waals surface area contributed by atoms with E-state index in [0.717, 1.165) is 33.9 Å². The van der Waals surface area contributed by atoms with E-state index in [0.29, 0.717) is 13.0 Å². The largest absolute Gasteiger partial charge is 0.306 e. The van der Waals surface area contributed by atoms with Crippen LogP contribution in [-0.4, -0.2) is 61.8 Å². The van der Waals surface area contributed by atoms with Gasteiger partial charge in [-0.1, -0.05) is 11.8 Å². The van der Waals surface area contributed by atoms with Crippen LogP contribution >= 0.6 is 11.3 Å². The van der Waals surface area contributed by atoms with Gasteiger partial charge in [0.25, 0.3) is 0 Å². The average molecular weight is 478 g/mol. The molecule has 1 aliphatic rings. The number of thiazole rings is 1. The lowest BCUT2D eigenvalue weighted by Gasteiger charge is -2.35. The van der Waals surface area contributed by atoms with Gasteiger partial charge >= 0.3 is 0 Å². The molecular weight excluding hydrogens is 453 g/mol. The lowest BCUT2D eigenvalue weighted by Crippen LogP contribution is -2.46. The predicted octanol–water partition coefficient (Wildman–Crippen LogP) is 2.22. The van der Waals surface area contributed by atoms with Crippen LogP contribution in [0.2, 0.25) is 0 Å². The van der Waals surface area contributed by atoms with E-state index in [-0.39, 0.29) is 24.8 Å². The molecule has 3 rings (SSSR count). The summed E-state index contributed by atoms with van der Waals surface area (Å²) in [6.45, 7) is 3.26. The highest BCUT2D eigenvalue weighted by Crippen LogP contribution is 2.29. The molecule has 0 aliphatic carbocycles. The lowest BCUT2D eigenvalue weighted by atomic mass is 9.87. The predicted molar refractivity (Wildman–Crippen MR) is 122 cm³/mol. The van der Waals surface area contributed by atoms with Crippen LogP contribution in [0.25, 0.3) is 10.2 Å². The topological polar surface area (TPSA) is 103 Å². The SMILES string of the molecule is C[C@](CCc1nc2ccc(C#CC#CC3CN(CCF)C3)cc2s1)(CS(=O)O)C(=O)NO. The van der Waals surface area contributed by atoms with Crippen LogP contribution in [0.1, 0.15) is 23.9 Å². The number of hydrogen-bond acceptors (Lipinski definition) is 6. The van der Waals surface area contributed by atoms with Gasteiger partial charge in [-0.2, -0.15) is 0 Å². The lowest BCUT2D eigenvalue weighted by molar-refractivity contribution is -0.138. The smallest absolute Gasteiger partial charge is 0.250 e. The monoisotopic (exact) mass is 477 g/mol. The van der Waals surface area contributed by atoms with Crippen LogP contribution in [0.4, 0.5) is 4.39 Å². The zero-order chi connectivity index (χ0) is 23.1. The number of aryl methyl sites for hydroxylation is 1. The molecule has 170 valence electrons. The maximum atomic E-state index is 12.2. The molecule has 1 aromatic heterocycles. The first kappa shape index (κ1) is 24.3. The van der Waals surface area contributed by atoms with E-state index in [2.05, 4.69) is 28.7 Å². The fourth-order valence-electron chi connectivity index (χ4n) is 3.40. The summed E-state index contributed by atoms with van der Waals surface area (Å²) in [5.74, 6) is 11.1. The number of aromatic nitrogens is 1. The summed E-state index contributed by atoms with van der Waals surface area (Å²) in [5.41, 5.74) is 2.02. The van der Waals surface area contributed by atoms with Gasteiger partial charge in [-0.25, -0.2) is 19.1 Å². The molecule has 1 aliphatic heterocycles. The zero-order valence-corrected chi connectivity index (χ0v) is 19.2. The van der Waals surface area contributed by atoms with Crippen molar-refractivity contribution in [3.05, 3.63) is 28.8 Å². The van der Waals surface area contributed by atoms with Crippen LogP contribution in [-0.2, 0) is 22.3 Å². The van der Waals surface area contributed by atoms with Gasteiger partial charge in [0.05, 0.1) is 26.4 Å². The van der Waals surface area contributed by atoms with Crippen LogP contribution in [0.5, 0.6) is 0 Å². The van der Waals surface area contributed by atoms with Crippen LogP contribution in [0.3, 0.4) is 0 Å². The molecule has 1 aromatic carbocycles. The fraction of sp³-hybridized carbons (Fsp3) is 0.455. The molecule has 0 saturated carbocycles. The van der Waals surface area contributed by atoms with Crippen molar-refractivity contribution in [1.82, 2.24) is 15.4 Å². The van der Waals surface area contributed by atoms with Crippen molar-refractivity contribution >= 4 is 38.5 Å². The minimum absolute atomic E-state index is 0.254. The van der Waals surface area contributed by atoms with Gasteiger partial charge in [0.15, 0.2) is 11.1 Å². The number of carbonyl (C=O) groups is 1. The van der Waals surface area contributed by atoms with Gasteiger partial charge in [-0.3, -0.25) is 14.9 Å². The second-order valence-corrected chi connectivity index (χ2v) is 9.97. The molecule has 1 amide bonds. The van der Waals surface area contributed by atoms with Crippen molar-refractivity contribution < 1.29 is 23.2 Å². The van der Waals surface area contributed by atoms with Gasteiger partial charge < -0.3 is 4.55 Å². The first-order chi connectivity index (χ1) is 15.3. The Labute approximate surface area is 192 Å². The summed E-state index contributed by atoms with van der Waals surface area (Å²) in [6, 6.07) is 5.67. The first-order valence-corrected chi connectivity index (χ1v) is 12.1. The third-order valence-corrected chi connectivity index (χ3v) is 7.28. The summed E-state index contributed by atoms with van der Waals surface area (Å²) in [4.78, 5) is 18.6. The van der Waals surface area contributed by atoms with Crippen LogP contribution in [0, 0.1) is 35.0 Å². The molecule has 2 heterocycles. The maximum Gasteiger partial charge on any atom is 0.250 e. The second kappa shape index (κ2) is 11.0. The number of benzene rings is 1. The molecule has 3 N–H and O–H groups in total. The number of fused-ring (bicyclic) bond motifs is 1. The molecule has 1 unspecified atom stereocenters. The van der Waals surface area contributed by atoms with Crippen molar-refractivity contribution in [2.45, 2.75) is 19.8 Å². The molecule has 0 bridgehead atoms. The highest BCUT2D eigenvalue weighted by Gasteiger charge is 2.35. The summed E-state index contributed by atoms with van der Waals surface area (Å²) >= 11 is -0.704. The van der Waals surface area contributed by atoms with Crippen molar-refractivity contribution in [3.8, 4) is 23.7 Å². The number of hydrogen-bond donors (Lipinski definition) is 3. The third-order valence-electron chi connectivity index (χ3n) is 5.32. The van der Waals surface area contributed by atoms with Crippen molar-refractivity contribution in [1.29, 1.82) is 0 Å². The number of rotatable bonds is 8. The van der Waals surface area contributed by atoms with Crippen LogP contribution < -0.4 is 5.48 Å². The number of likely N-dealkylation sites (tertiary alicyclic amines) is 1. The van der Waals surface area contributed by atoms with Crippen molar-refractivity contribution in [2.24, 2.45) is 11.3 Å². The highest BCUT2D eigenvalue weighted by atomic mass is 32.2. The van der Waals surface area contributed by atoms with E-state index < -0.39 is 22.4 Å². The van der Waals surface area contributed by atoms with Crippen molar-refractivity contribution in [2.75, 3.05) is 32.1 Å². The number of nitrogens with one attached hydrogen (secondary N) is 1. The third kappa shape index (κ3) is 6.35. The molecule has 0 radical (unpaired) electrons. The van der Waals surface area contributed by atoms with E-state index >= 15 is 0 Å². The molecule has 1 fully saturated rings. The Morgan fingerprint density at radius 2 is 2.22 bits per heavy atom. The van der Waals surface area contributed by atoms with E-state index in [9.17, 15) is 17.9 Å². The molecule has 10 heteroatoms. The summed E-state index contributed by atoms with van der Waals surface area (Å²) in [6.07, 6.45) is 0.686. The molecule has 7 nitrogen and oxygen atoms in total. The number of nitrogens with zero attached hydrogens (tertiary/aromatic N) is 2. The Morgan fingerprint density at radius 3 is 2.91 bits per heavy atom. The van der Waals surface area contributed by atoms with E-state index in [1.807, 2.05) is 23.1 Å². The summed E-state index contributed by atoms with van der Waals surface area (Å²) in [7, 11) is 0. The molecule has 0 spiro atoms. The van der Waals surface area contributed by atoms with Crippen LogP contribution in [0.15, 0.2) is 18.2 Å². The Balaban J connectivity index is 1.63. The zero-order valence-electron chi connectivity index (χ0n) is 17.6.